The van der Waals surface area contributed by atoms with Crippen LogP contribution in [0.5, 0.6) is 17.2 Å². The topological polar surface area (TPSA) is 121 Å². The normalized spacial score (nSPS) is 14.3. The molecule has 0 unspecified atom stereocenters. The molecule has 4 aromatic rings. The number of pyridine rings is 1. The van der Waals surface area contributed by atoms with E-state index in [0.29, 0.717) is 58.4 Å². The standard InChI is InChI=1S/C33H39N5O5/c1-21(2)37-13-10-24(11-14-37)23-5-7-25(8-6-23)32(39)36-31-19-27(9-12-35-31)43-30-18-26-17-22(3)38(33(34)40)28(26)20-29(30)42-16-15-41-4/h5-9,12,17-21,24H,10-11,13-16H2,1-4H3,(H2,34,40)(H,35,36,39). The number of carbonyl (C=O) groups excluding carboxylic acids is 2. The second-order valence-electron chi connectivity index (χ2n) is 11.1. The molecule has 2 aromatic carbocycles. The van der Waals surface area contributed by atoms with Crippen LogP contribution in [0.3, 0.4) is 0 Å². The van der Waals surface area contributed by atoms with Crippen molar-refractivity contribution in [3.8, 4) is 17.2 Å². The second kappa shape index (κ2) is 13.3. The van der Waals surface area contributed by atoms with Gasteiger partial charge >= 0.3 is 6.03 Å². The van der Waals surface area contributed by atoms with E-state index in [0.717, 1.165) is 31.3 Å². The third-order valence-corrected chi connectivity index (χ3v) is 7.92. The SMILES string of the molecule is COCCOc1cc2c(cc1Oc1ccnc(NC(=O)c3ccc(C4CCN(C(C)C)CC4)cc3)c1)cc(C)n2C(N)=O. The van der Waals surface area contributed by atoms with Gasteiger partial charge in [-0.2, -0.15) is 0 Å². The van der Waals surface area contributed by atoms with Crippen molar-refractivity contribution in [3.63, 3.8) is 0 Å². The highest BCUT2D eigenvalue weighted by Crippen LogP contribution is 2.37. The highest BCUT2D eigenvalue weighted by molar-refractivity contribution is 6.03. The van der Waals surface area contributed by atoms with Crippen molar-refractivity contribution in [2.75, 3.05) is 38.7 Å². The van der Waals surface area contributed by atoms with Gasteiger partial charge in [-0.3, -0.25) is 9.36 Å². The van der Waals surface area contributed by atoms with Crippen LogP contribution >= 0.6 is 0 Å². The average Bonchev–Trinajstić information content (AvgIpc) is 3.32. The number of aromatic nitrogens is 2. The molecule has 1 aliphatic heterocycles. The lowest BCUT2D eigenvalue weighted by molar-refractivity contribution is 0.102. The average molecular weight is 586 g/mol. The first-order valence-corrected chi connectivity index (χ1v) is 14.6. The van der Waals surface area contributed by atoms with Crippen molar-refractivity contribution in [2.45, 2.75) is 45.6 Å². The predicted octanol–water partition coefficient (Wildman–Crippen LogP) is 5.93. The fraction of sp³-hybridized carbons (Fsp3) is 0.364. The summed E-state index contributed by atoms with van der Waals surface area (Å²) in [5.74, 6) is 1.93. The summed E-state index contributed by atoms with van der Waals surface area (Å²) in [5, 5.41) is 3.64. The van der Waals surface area contributed by atoms with E-state index >= 15 is 0 Å². The minimum absolute atomic E-state index is 0.251. The summed E-state index contributed by atoms with van der Waals surface area (Å²) < 4.78 is 18.7. The van der Waals surface area contributed by atoms with Crippen LogP contribution in [0.25, 0.3) is 10.9 Å². The summed E-state index contributed by atoms with van der Waals surface area (Å²) in [7, 11) is 1.59. The van der Waals surface area contributed by atoms with Crippen molar-refractivity contribution in [2.24, 2.45) is 5.73 Å². The molecule has 5 rings (SSSR count). The number of hydrogen-bond donors (Lipinski definition) is 2. The van der Waals surface area contributed by atoms with E-state index in [2.05, 4.69) is 41.2 Å². The number of nitrogens with two attached hydrogens (primary N) is 1. The number of anilines is 1. The number of methoxy groups -OCH3 is 1. The van der Waals surface area contributed by atoms with Gasteiger partial charge in [0.2, 0.25) is 0 Å². The van der Waals surface area contributed by atoms with Crippen molar-refractivity contribution in [1.29, 1.82) is 0 Å². The number of benzene rings is 2. The highest BCUT2D eigenvalue weighted by Gasteiger charge is 2.22. The maximum absolute atomic E-state index is 13.1. The summed E-state index contributed by atoms with van der Waals surface area (Å²) in [6.07, 6.45) is 3.82. The minimum atomic E-state index is -0.583. The molecule has 0 spiro atoms. The molecule has 0 aliphatic carbocycles. The number of hydrogen-bond acceptors (Lipinski definition) is 7. The lowest BCUT2D eigenvalue weighted by atomic mass is 9.88. The largest absolute Gasteiger partial charge is 0.487 e. The Morgan fingerprint density at radius 2 is 1.77 bits per heavy atom. The molecule has 1 saturated heterocycles. The summed E-state index contributed by atoms with van der Waals surface area (Å²) in [4.78, 5) is 31.9. The lowest BCUT2D eigenvalue weighted by Gasteiger charge is -2.34. The number of rotatable bonds is 10. The third kappa shape index (κ3) is 6.98. The van der Waals surface area contributed by atoms with Crippen LogP contribution in [0.4, 0.5) is 10.6 Å². The molecule has 1 aliphatic rings. The van der Waals surface area contributed by atoms with E-state index in [9.17, 15) is 9.59 Å². The van der Waals surface area contributed by atoms with Gasteiger partial charge in [-0.1, -0.05) is 12.1 Å². The molecule has 3 N–H and O–H groups in total. The van der Waals surface area contributed by atoms with Crippen molar-refractivity contribution in [1.82, 2.24) is 14.5 Å². The fourth-order valence-electron chi connectivity index (χ4n) is 5.59. The summed E-state index contributed by atoms with van der Waals surface area (Å²) in [6.45, 7) is 9.14. The molecule has 0 saturated carbocycles. The van der Waals surface area contributed by atoms with Gasteiger partial charge < -0.3 is 30.2 Å². The van der Waals surface area contributed by atoms with Gasteiger partial charge in [-0.05, 0) is 88.5 Å². The Balaban J connectivity index is 1.29. The Labute approximate surface area is 251 Å². The van der Waals surface area contributed by atoms with Crippen LogP contribution in [-0.2, 0) is 4.74 Å². The van der Waals surface area contributed by atoms with Crippen molar-refractivity contribution >= 4 is 28.7 Å². The zero-order valence-electron chi connectivity index (χ0n) is 25.1. The number of nitrogens with zero attached hydrogens (tertiary/aromatic N) is 3. The molecule has 10 nitrogen and oxygen atoms in total. The summed E-state index contributed by atoms with van der Waals surface area (Å²) in [5.41, 5.74) is 8.74. The summed E-state index contributed by atoms with van der Waals surface area (Å²) >= 11 is 0. The Hall–Kier alpha value is -4.41. The van der Waals surface area contributed by atoms with Crippen LogP contribution in [0, 0.1) is 6.92 Å². The number of piperidine rings is 1. The maximum Gasteiger partial charge on any atom is 0.323 e. The molecule has 3 heterocycles. The van der Waals surface area contributed by atoms with Gasteiger partial charge in [-0.25, -0.2) is 9.78 Å². The first kappa shape index (κ1) is 30.1. The van der Waals surface area contributed by atoms with E-state index in [-0.39, 0.29) is 12.5 Å². The number of nitrogens with one attached hydrogen (secondary N) is 1. The Kier molecular flexibility index (Phi) is 9.27. The molecule has 0 radical (unpaired) electrons. The number of carbonyl (C=O) groups is 2. The van der Waals surface area contributed by atoms with Gasteiger partial charge in [-0.15, -0.1) is 0 Å². The fourth-order valence-corrected chi connectivity index (χ4v) is 5.59. The Morgan fingerprint density at radius 3 is 2.44 bits per heavy atom. The predicted molar refractivity (Wildman–Crippen MR) is 166 cm³/mol. The van der Waals surface area contributed by atoms with Crippen molar-refractivity contribution in [3.05, 3.63) is 77.6 Å². The molecule has 0 bridgehead atoms. The van der Waals surface area contributed by atoms with Crippen LogP contribution in [0.2, 0.25) is 0 Å². The van der Waals surface area contributed by atoms with Crippen molar-refractivity contribution < 1.29 is 23.8 Å². The Bertz CT molecular complexity index is 1590. The molecule has 0 atom stereocenters. The molecular formula is C33H39N5O5. The van der Waals surface area contributed by atoms with Gasteiger partial charge in [0.1, 0.15) is 18.2 Å². The number of aryl methyl sites for hydroxylation is 1. The van der Waals surface area contributed by atoms with Crippen LogP contribution in [0.15, 0.2) is 60.8 Å². The van der Waals surface area contributed by atoms with Gasteiger partial charge in [0, 0.05) is 48.1 Å². The summed E-state index contributed by atoms with van der Waals surface area (Å²) in [6, 6.07) is 16.6. The zero-order valence-corrected chi connectivity index (χ0v) is 25.1. The molecule has 2 aromatic heterocycles. The van der Waals surface area contributed by atoms with Crippen LogP contribution in [0.1, 0.15) is 54.2 Å². The van der Waals surface area contributed by atoms with Gasteiger partial charge in [0.15, 0.2) is 11.5 Å². The number of amides is 2. The zero-order chi connectivity index (χ0) is 30.5. The Morgan fingerprint density at radius 1 is 1.02 bits per heavy atom. The number of primary amides is 1. The number of likely N-dealkylation sites (tertiary alicyclic amines) is 1. The highest BCUT2D eigenvalue weighted by atomic mass is 16.5. The molecular weight excluding hydrogens is 546 g/mol. The third-order valence-electron chi connectivity index (χ3n) is 7.92. The minimum Gasteiger partial charge on any atom is -0.487 e. The molecule has 10 heteroatoms. The quantitative estimate of drug-likeness (QED) is 0.221. The monoisotopic (exact) mass is 585 g/mol. The second-order valence-corrected chi connectivity index (χ2v) is 11.1. The van der Waals surface area contributed by atoms with Gasteiger partial charge in [0.25, 0.3) is 5.91 Å². The van der Waals surface area contributed by atoms with Crippen LogP contribution in [-0.4, -0.2) is 65.8 Å². The lowest BCUT2D eigenvalue weighted by Crippen LogP contribution is -2.37. The van der Waals surface area contributed by atoms with Gasteiger partial charge in [0.05, 0.1) is 12.1 Å². The number of ether oxygens (including phenoxy) is 3. The van der Waals surface area contributed by atoms with E-state index in [1.165, 1.54) is 10.1 Å². The molecule has 43 heavy (non-hydrogen) atoms. The van der Waals surface area contributed by atoms with E-state index in [1.807, 2.05) is 18.2 Å². The molecule has 2 amide bonds. The first-order chi connectivity index (χ1) is 20.7. The molecule has 226 valence electrons. The smallest absolute Gasteiger partial charge is 0.323 e. The van der Waals surface area contributed by atoms with E-state index in [1.54, 1.807) is 44.5 Å². The number of fused-ring (bicyclic) bond motifs is 1. The molecule has 1 fully saturated rings. The maximum atomic E-state index is 13.1. The first-order valence-electron chi connectivity index (χ1n) is 14.6. The van der Waals surface area contributed by atoms with E-state index in [4.69, 9.17) is 19.9 Å². The van der Waals surface area contributed by atoms with E-state index < -0.39 is 6.03 Å². The van der Waals surface area contributed by atoms with Crippen LogP contribution < -0.4 is 20.5 Å².